The van der Waals surface area contributed by atoms with Gasteiger partial charge in [-0.2, -0.15) is 0 Å². The third-order valence-corrected chi connectivity index (χ3v) is 2.04. The average Bonchev–Trinajstić information content (AvgIpc) is 2.53. The zero-order chi connectivity index (χ0) is 8.39. The first-order valence-corrected chi connectivity index (χ1v) is 4.08. The number of ether oxygens (including phenoxy) is 1. The molecule has 3 heteroatoms. The molecule has 0 aromatic carbocycles. The Morgan fingerprint density at radius 2 is 2.42 bits per heavy atom. The Hall–Kier alpha value is -0.930. The smallest absolute Gasteiger partial charge is 0.125 e. The van der Waals surface area contributed by atoms with E-state index in [1.165, 1.54) is 0 Å². The van der Waals surface area contributed by atoms with Crippen molar-refractivity contribution in [3.63, 3.8) is 0 Å². The minimum Gasteiger partial charge on any atom is -0.390 e. The second-order valence-corrected chi connectivity index (χ2v) is 2.90. The van der Waals surface area contributed by atoms with Gasteiger partial charge in [-0.1, -0.05) is 6.07 Å². The predicted octanol–water partition coefficient (Wildman–Crippen LogP) is 0.904. The van der Waals surface area contributed by atoms with Crippen molar-refractivity contribution in [3.05, 3.63) is 30.1 Å². The van der Waals surface area contributed by atoms with Gasteiger partial charge in [0.1, 0.15) is 6.10 Å². The number of hydrogen-bond acceptors (Lipinski definition) is 3. The SMILES string of the molecule is OC1CCOC1c1ccccn1. The van der Waals surface area contributed by atoms with Crippen molar-refractivity contribution in [3.8, 4) is 0 Å². The fraction of sp³-hybridized carbons (Fsp3) is 0.444. The summed E-state index contributed by atoms with van der Waals surface area (Å²) in [6.07, 6.45) is 1.82. The van der Waals surface area contributed by atoms with Crippen LogP contribution in [0.25, 0.3) is 0 Å². The molecule has 2 atom stereocenters. The zero-order valence-electron chi connectivity index (χ0n) is 6.68. The first kappa shape index (κ1) is 7.71. The van der Waals surface area contributed by atoms with Gasteiger partial charge in [-0.25, -0.2) is 0 Å². The van der Waals surface area contributed by atoms with E-state index >= 15 is 0 Å². The number of rotatable bonds is 1. The second kappa shape index (κ2) is 3.21. The van der Waals surface area contributed by atoms with Crippen LogP contribution in [0.1, 0.15) is 18.2 Å². The number of aliphatic hydroxyl groups is 1. The van der Waals surface area contributed by atoms with E-state index in [-0.39, 0.29) is 12.2 Å². The first-order valence-electron chi connectivity index (χ1n) is 4.08. The van der Waals surface area contributed by atoms with Crippen LogP contribution in [0.15, 0.2) is 24.4 Å². The quantitative estimate of drug-likeness (QED) is 0.672. The number of aliphatic hydroxyl groups excluding tert-OH is 1. The summed E-state index contributed by atoms with van der Waals surface area (Å²) in [5.74, 6) is 0. The number of aromatic nitrogens is 1. The van der Waals surface area contributed by atoms with E-state index in [0.29, 0.717) is 13.0 Å². The van der Waals surface area contributed by atoms with Crippen LogP contribution in [0, 0.1) is 0 Å². The van der Waals surface area contributed by atoms with Gasteiger partial charge >= 0.3 is 0 Å². The summed E-state index contributed by atoms with van der Waals surface area (Å²) in [6, 6.07) is 5.63. The van der Waals surface area contributed by atoms with E-state index in [1.54, 1.807) is 6.20 Å². The molecule has 2 heterocycles. The third kappa shape index (κ3) is 1.33. The molecule has 1 aliphatic heterocycles. The maximum Gasteiger partial charge on any atom is 0.125 e. The molecule has 1 aromatic heterocycles. The van der Waals surface area contributed by atoms with Gasteiger partial charge in [0.05, 0.1) is 18.4 Å². The Labute approximate surface area is 71.0 Å². The van der Waals surface area contributed by atoms with E-state index in [9.17, 15) is 5.11 Å². The molecule has 1 saturated heterocycles. The molecule has 12 heavy (non-hydrogen) atoms. The van der Waals surface area contributed by atoms with Gasteiger partial charge in [0.15, 0.2) is 0 Å². The normalized spacial score (nSPS) is 29.1. The number of hydrogen-bond donors (Lipinski definition) is 1. The van der Waals surface area contributed by atoms with Gasteiger partial charge in [0.2, 0.25) is 0 Å². The molecule has 3 nitrogen and oxygen atoms in total. The molecule has 0 spiro atoms. The van der Waals surface area contributed by atoms with E-state index in [1.807, 2.05) is 18.2 Å². The molecule has 0 saturated carbocycles. The topological polar surface area (TPSA) is 42.4 Å². The number of pyridine rings is 1. The summed E-state index contributed by atoms with van der Waals surface area (Å²) in [6.45, 7) is 0.627. The van der Waals surface area contributed by atoms with Crippen LogP contribution >= 0.6 is 0 Å². The van der Waals surface area contributed by atoms with Crippen molar-refractivity contribution < 1.29 is 9.84 Å². The van der Waals surface area contributed by atoms with Crippen LogP contribution in [0.5, 0.6) is 0 Å². The van der Waals surface area contributed by atoms with E-state index < -0.39 is 0 Å². The minimum absolute atomic E-state index is 0.216. The Morgan fingerprint density at radius 1 is 1.50 bits per heavy atom. The minimum atomic E-state index is -0.389. The van der Waals surface area contributed by atoms with Crippen LogP contribution in [0.4, 0.5) is 0 Å². The van der Waals surface area contributed by atoms with Crippen LogP contribution in [0.2, 0.25) is 0 Å². The van der Waals surface area contributed by atoms with Crippen LogP contribution in [0.3, 0.4) is 0 Å². The van der Waals surface area contributed by atoms with Crippen molar-refractivity contribution in [1.82, 2.24) is 4.98 Å². The van der Waals surface area contributed by atoms with E-state index in [4.69, 9.17) is 4.74 Å². The monoisotopic (exact) mass is 165 g/mol. The first-order chi connectivity index (χ1) is 5.88. The van der Waals surface area contributed by atoms with Gasteiger partial charge < -0.3 is 9.84 Å². The number of nitrogens with zero attached hydrogens (tertiary/aromatic N) is 1. The standard InChI is InChI=1S/C9H11NO2/c11-8-4-6-12-9(8)7-3-1-2-5-10-7/h1-3,5,8-9,11H,4,6H2. The second-order valence-electron chi connectivity index (χ2n) is 2.90. The van der Waals surface area contributed by atoms with E-state index in [0.717, 1.165) is 5.69 Å². The molecular formula is C9H11NO2. The molecular weight excluding hydrogens is 154 g/mol. The summed E-state index contributed by atoms with van der Waals surface area (Å²) < 4.78 is 5.34. The fourth-order valence-electron chi connectivity index (χ4n) is 1.40. The third-order valence-electron chi connectivity index (χ3n) is 2.04. The predicted molar refractivity (Wildman–Crippen MR) is 43.6 cm³/mol. The van der Waals surface area contributed by atoms with Crippen molar-refractivity contribution in [2.75, 3.05) is 6.61 Å². The Balaban J connectivity index is 2.19. The average molecular weight is 165 g/mol. The molecule has 0 bridgehead atoms. The maximum absolute atomic E-state index is 9.48. The lowest BCUT2D eigenvalue weighted by atomic mass is 10.1. The van der Waals surface area contributed by atoms with E-state index in [2.05, 4.69) is 4.98 Å². The highest BCUT2D eigenvalue weighted by atomic mass is 16.5. The Morgan fingerprint density at radius 3 is 3.00 bits per heavy atom. The molecule has 1 aliphatic rings. The van der Waals surface area contributed by atoms with Crippen molar-refractivity contribution in [2.24, 2.45) is 0 Å². The summed E-state index contributed by atoms with van der Waals surface area (Å²) in [5.41, 5.74) is 0.822. The van der Waals surface area contributed by atoms with Crippen LogP contribution in [-0.2, 0) is 4.74 Å². The van der Waals surface area contributed by atoms with Gasteiger partial charge in [0.25, 0.3) is 0 Å². The Kier molecular flexibility index (Phi) is 2.06. The molecule has 64 valence electrons. The summed E-state index contributed by atoms with van der Waals surface area (Å²) in [7, 11) is 0. The zero-order valence-corrected chi connectivity index (χ0v) is 6.68. The molecule has 1 aromatic rings. The molecule has 0 amide bonds. The summed E-state index contributed by atoms with van der Waals surface area (Å²) in [4.78, 5) is 4.13. The molecule has 1 N–H and O–H groups in total. The van der Waals surface area contributed by atoms with Gasteiger partial charge in [-0.15, -0.1) is 0 Å². The molecule has 0 radical (unpaired) electrons. The largest absolute Gasteiger partial charge is 0.390 e. The van der Waals surface area contributed by atoms with Gasteiger partial charge in [-0.3, -0.25) is 4.98 Å². The maximum atomic E-state index is 9.48. The summed E-state index contributed by atoms with van der Waals surface area (Å²) >= 11 is 0. The van der Waals surface area contributed by atoms with Crippen molar-refractivity contribution >= 4 is 0 Å². The highest BCUT2D eigenvalue weighted by molar-refractivity contribution is 5.09. The van der Waals surface area contributed by atoms with Crippen molar-refractivity contribution in [2.45, 2.75) is 18.6 Å². The highest BCUT2D eigenvalue weighted by Gasteiger charge is 2.28. The lowest BCUT2D eigenvalue weighted by Gasteiger charge is -2.11. The fourth-order valence-corrected chi connectivity index (χ4v) is 1.40. The Bertz CT molecular complexity index is 250. The van der Waals surface area contributed by atoms with Crippen LogP contribution < -0.4 is 0 Å². The molecule has 2 unspecified atom stereocenters. The molecule has 1 fully saturated rings. The molecule has 2 rings (SSSR count). The lowest BCUT2D eigenvalue weighted by molar-refractivity contribution is 0.0389. The van der Waals surface area contributed by atoms with Crippen LogP contribution in [-0.4, -0.2) is 22.8 Å². The van der Waals surface area contributed by atoms with Gasteiger partial charge in [0, 0.05) is 6.20 Å². The lowest BCUT2D eigenvalue weighted by Crippen LogP contribution is -2.13. The van der Waals surface area contributed by atoms with Gasteiger partial charge in [-0.05, 0) is 18.6 Å². The van der Waals surface area contributed by atoms with Crippen molar-refractivity contribution in [1.29, 1.82) is 0 Å². The molecule has 0 aliphatic carbocycles. The summed E-state index contributed by atoms with van der Waals surface area (Å²) in [5, 5.41) is 9.48. The highest BCUT2D eigenvalue weighted by Crippen LogP contribution is 2.26.